The van der Waals surface area contributed by atoms with Gasteiger partial charge in [0.25, 0.3) is 0 Å². The minimum absolute atomic E-state index is 0.168. The van der Waals surface area contributed by atoms with Crippen molar-refractivity contribution < 1.29 is 9.90 Å². The van der Waals surface area contributed by atoms with Crippen LogP contribution in [0, 0.1) is 58.2 Å². The van der Waals surface area contributed by atoms with Gasteiger partial charge >= 0.3 is 0 Å². The van der Waals surface area contributed by atoms with E-state index in [4.69, 9.17) is 0 Å². The smallest absolute Gasteiger partial charge is 0.136 e. The average molecular weight is 417 g/mol. The molecule has 0 aliphatic heterocycles. The highest BCUT2D eigenvalue weighted by atomic mass is 16.3. The van der Waals surface area contributed by atoms with Gasteiger partial charge in [-0.3, -0.25) is 4.79 Å². The van der Waals surface area contributed by atoms with Crippen LogP contribution in [0.5, 0.6) is 0 Å². The number of aliphatic hydroxyl groups excluding tert-OH is 1. The van der Waals surface area contributed by atoms with Gasteiger partial charge < -0.3 is 5.11 Å². The van der Waals surface area contributed by atoms with Crippen LogP contribution in [0.3, 0.4) is 0 Å². The van der Waals surface area contributed by atoms with E-state index in [-0.39, 0.29) is 6.10 Å². The topological polar surface area (TPSA) is 37.3 Å². The lowest BCUT2D eigenvalue weighted by atomic mass is 9.43. The Labute approximate surface area is 186 Å². The third-order valence-electron chi connectivity index (χ3n) is 11.2. The number of carbonyl (C=O) groups is 1. The molecule has 0 aromatic heterocycles. The molecular weight excluding hydrogens is 368 g/mol. The van der Waals surface area contributed by atoms with Crippen LogP contribution in [-0.2, 0) is 4.79 Å². The van der Waals surface area contributed by atoms with E-state index >= 15 is 0 Å². The first kappa shape index (κ1) is 22.8. The van der Waals surface area contributed by atoms with Gasteiger partial charge in [-0.05, 0) is 104 Å². The molecule has 0 aromatic rings. The van der Waals surface area contributed by atoms with Gasteiger partial charge in [-0.25, -0.2) is 0 Å². The number of carbonyl (C=O) groups excluding carboxylic acids is 1. The van der Waals surface area contributed by atoms with Gasteiger partial charge in [0.1, 0.15) is 5.78 Å². The third-order valence-corrected chi connectivity index (χ3v) is 11.2. The Morgan fingerprint density at radius 3 is 2.33 bits per heavy atom. The minimum atomic E-state index is -0.168. The molecule has 4 aliphatic carbocycles. The van der Waals surface area contributed by atoms with Crippen molar-refractivity contribution in [1.82, 2.24) is 0 Å². The standard InChI is InChI=1S/C28H48O2/c1-17(2)24(29)10-7-19(4)21-8-9-22-26-23(12-14-28(21,22)6)27(5)13-11-18(3)15-20(27)16-25(26)30/h17-24,26,29H,7-16H2,1-6H3/t18-,19-,20?,21+,22?,23?,24?,26?,27-,28?/m0/s1. The molecule has 2 nitrogen and oxygen atoms in total. The van der Waals surface area contributed by atoms with Crippen LogP contribution < -0.4 is 0 Å². The molecule has 0 aromatic carbocycles. The van der Waals surface area contributed by atoms with Crippen molar-refractivity contribution in [2.24, 2.45) is 58.2 Å². The fourth-order valence-electron chi connectivity index (χ4n) is 9.09. The molecule has 4 rings (SSSR count). The summed E-state index contributed by atoms with van der Waals surface area (Å²) in [5.74, 6) is 5.43. The first-order valence-electron chi connectivity index (χ1n) is 13.3. The summed E-state index contributed by atoms with van der Waals surface area (Å²) in [5, 5.41) is 10.3. The molecule has 4 aliphatic rings. The van der Waals surface area contributed by atoms with Crippen molar-refractivity contribution in [3.05, 3.63) is 0 Å². The molecule has 0 bridgehead atoms. The predicted molar refractivity (Wildman–Crippen MR) is 124 cm³/mol. The van der Waals surface area contributed by atoms with Gasteiger partial charge in [-0.15, -0.1) is 0 Å². The first-order chi connectivity index (χ1) is 14.1. The summed E-state index contributed by atoms with van der Waals surface area (Å²) in [4.78, 5) is 13.6. The molecule has 4 saturated carbocycles. The van der Waals surface area contributed by atoms with E-state index in [1.54, 1.807) is 0 Å². The maximum Gasteiger partial charge on any atom is 0.136 e. The van der Waals surface area contributed by atoms with Crippen molar-refractivity contribution in [2.75, 3.05) is 0 Å². The van der Waals surface area contributed by atoms with Crippen molar-refractivity contribution in [3.63, 3.8) is 0 Å². The number of hydrogen-bond acceptors (Lipinski definition) is 2. The fourth-order valence-corrected chi connectivity index (χ4v) is 9.09. The number of ketones is 1. The summed E-state index contributed by atoms with van der Waals surface area (Å²) in [6.45, 7) is 14.2. The van der Waals surface area contributed by atoms with E-state index < -0.39 is 0 Å². The molecule has 30 heavy (non-hydrogen) atoms. The minimum Gasteiger partial charge on any atom is -0.393 e. The Morgan fingerprint density at radius 2 is 1.63 bits per heavy atom. The molecule has 4 fully saturated rings. The summed E-state index contributed by atoms with van der Waals surface area (Å²) in [6.07, 6.45) is 11.9. The second-order valence-electron chi connectivity index (χ2n) is 13.1. The van der Waals surface area contributed by atoms with Crippen molar-refractivity contribution in [1.29, 1.82) is 0 Å². The van der Waals surface area contributed by atoms with Crippen LogP contribution in [0.4, 0.5) is 0 Å². The highest BCUT2D eigenvalue weighted by Crippen LogP contribution is 2.67. The van der Waals surface area contributed by atoms with Crippen LogP contribution in [0.2, 0.25) is 0 Å². The Kier molecular flexibility index (Phi) is 6.23. The molecule has 2 heteroatoms. The molecule has 0 spiro atoms. The normalized spacial score (nSPS) is 48.1. The van der Waals surface area contributed by atoms with Gasteiger partial charge in [0.05, 0.1) is 6.10 Å². The van der Waals surface area contributed by atoms with E-state index in [0.717, 1.165) is 31.1 Å². The lowest BCUT2D eigenvalue weighted by Crippen LogP contribution is -2.57. The van der Waals surface area contributed by atoms with Gasteiger partial charge in [-0.2, -0.15) is 0 Å². The Bertz CT molecular complexity index is 641. The van der Waals surface area contributed by atoms with E-state index in [9.17, 15) is 9.90 Å². The largest absolute Gasteiger partial charge is 0.393 e. The number of Topliss-reactive ketones (excluding diaryl/α,β-unsaturated/α-hetero) is 1. The maximum atomic E-state index is 13.6. The molecule has 0 radical (unpaired) electrons. The van der Waals surface area contributed by atoms with Crippen molar-refractivity contribution in [2.45, 2.75) is 112 Å². The van der Waals surface area contributed by atoms with E-state index in [2.05, 4.69) is 41.5 Å². The first-order valence-corrected chi connectivity index (χ1v) is 13.3. The fraction of sp³-hybridized carbons (Fsp3) is 0.964. The molecule has 0 heterocycles. The van der Waals surface area contributed by atoms with Crippen molar-refractivity contribution in [3.8, 4) is 0 Å². The van der Waals surface area contributed by atoms with Crippen LogP contribution in [-0.4, -0.2) is 17.0 Å². The summed E-state index contributed by atoms with van der Waals surface area (Å²) < 4.78 is 0. The Hall–Kier alpha value is -0.370. The van der Waals surface area contributed by atoms with Gasteiger partial charge in [-0.1, -0.05) is 48.0 Å². The van der Waals surface area contributed by atoms with E-state index in [0.29, 0.717) is 52.1 Å². The van der Waals surface area contributed by atoms with Gasteiger partial charge in [0.2, 0.25) is 0 Å². The van der Waals surface area contributed by atoms with Crippen LogP contribution >= 0.6 is 0 Å². The molecule has 0 amide bonds. The zero-order valence-corrected chi connectivity index (χ0v) is 20.6. The highest BCUT2D eigenvalue weighted by molar-refractivity contribution is 5.83. The monoisotopic (exact) mass is 416 g/mol. The lowest BCUT2D eigenvalue weighted by molar-refractivity contribution is -0.158. The zero-order chi connectivity index (χ0) is 21.8. The predicted octanol–water partition coefficient (Wildman–Crippen LogP) is 6.89. The van der Waals surface area contributed by atoms with Crippen LogP contribution in [0.15, 0.2) is 0 Å². The summed E-state index contributed by atoms with van der Waals surface area (Å²) in [5.41, 5.74) is 0.752. The Balaban J connectivity index is 1.51. The number of hydrogen-bond donors (Lipinski definition) is 1. The van der Waals surface area contributed by atoms with E-state index in [1.807, 2.05) is 0 Å². The van der Waals surface area contributed by atoms with Gasteiger partial charge in [0.15, 0.2) is 0 Å². The van der Waals surface area contributed by atoms with E-state index in [1.165, 1.54) is 44.9 Å². The zero-order valence-electron chi connectivity index (χ0n) is 20.6. The van der Waals surface area contributed by atoms with Crippen LogP contribution in [0.1, 0.15) is 106 Å². The Morgan fingerprint density at radius 1 is 0.967 bits per heavy atom. The SMILES string of the molecule is CC(C)C(O)CC[C@H](C)[C@H]1CCC2C3C(=O)CC4C[C@@H](C)CC[C@]4(C)C3CCC21C. The average Bonchev–Trinajstić information content (AvgIpc) is 3.04. The second-order valence-corrected chi connectivity index (χ2v) is 13.1. The number of aliphatic hydroxyl groups is 1. The molecule has 172 valence electrons. The molecule has 1 N–H and O–H groups in total. The third kappa shape index (κ3) is 3.61. The summed E-state index contributed by atoms with van der Waals surface area (Å²) in [6, 6.07) is 0. The lowest BCUT2D eigenvalue weighted by Gasteiger charge is -2.60. The van der Waals surface area contributed by atoms with Crippen LogP contribution in [0.25, 0.3) is 0 Å². The second kappa shape index (κ2) is 8.20. The summed E-state index contributed by atoms with van der Waals surface area (Å²) >= 11 is 0. The van der Waals surface area contributed by atoms with Gasteiger partial charge in [0, 0.05) is 12.3 Å². The molecule has 10 atom stereocenters. The summed E-state index contributed by atoms with van der Waals surface area (Å²) in [7, 11) is 0. The maximum absolute atomic E-state index is 13.6. The molecule has 0 saturated heterocycles. The number of fused-ring (bicyclic) bond motifs is 5. The molecule has 6 unspecified atom stereocenters. The number of rotatable bonds is 5. The van der Waals surface area contributed by atoms with Crippen molar-refractivity contribution >= 4 is 5.78 Å². The quantitative estimate of drug-likeness (QED) is 0.529. The highest BCUT2D eigenvalue weighted by Gasteiger charge is 2.62. The molecular formula is C28H48O2.